The zero-order valence-corrected chi connectivity index (χ0v) is 18.9. The maximum absolute atomic E-state index is 11.6. The number of para-hydroxylation sites is 2. The van der Waals surface area contributed by atoms with Crippen LogP contribution in [0.4, 0.5) is 34.1 Å². The smallest absolute Gasteiger partial charge is 0.520 e. The normalized spacial score (nSPS) is 10.9. The molecule has 1 radical (unpaired) electrons. The molecule has 0 saturated heterocycles. The molecule has 12 nitrogen and oxygen atoms in total. The van der Waals surface area contributed by atoms with Crippen molar-refractivity contribution in [1.82, 2.24) is 0 Å². The SMILES string of the molecule is O=[N+]([O-])c1cccc(N=Nc2ccccc2)c1O[B]Oc1c(N=Nc2ccccc2)cccc1[N+](=O)[O-]. The minimum Gasteiger partial charge on any atom is -0.520 e. The van der Waals surface area contributed by atoms with E-state index in [2.05, 4.69) is 20.5 Å². The van der Waals surface area contributed by atoms with Crippen molar-refractivity contribution in [3.63, 3.8) is 0 Å². The summed E-state index contributed by atoms with van der Waals surface area (Å²) in [5.74, 6) is -0.531. The number of nitro groups is 2. The topological polar surface area (TPSA) is 154 Å². The summed E-state index contributed by atoms with van der Waals surface area (Å²) in [5.41, 5.74) is 0.322. The van der Waals surface area contributed by atoms with Crippen LogP contribution in [-0.2, 0) is 0 Å². The summed E-state index contributed by atoms with van der Waals surface area (Å²) in [6.07, 6.45) is 0. The molecule has 0 unspecified atom stereocenters. The molecule has 4 rings (SSSR count). The number of benzene rings is 4. The lowest BCUT2D eigenvalue weighted by Gasteiger charge is -2.10. The number of nitrogens with zero attached hydrogens (tertiary/aromatic N) is 6. The number of azo groups is 2. The van der Waals surface area contributed by atoms with E-state index in [-0.39, 0.29) is 22.9 Å². The van der Waals surface area contributed by atoms with Crippen molar-refractivity contribution in [2.24, 2.45) is 20.5 Å². The summed E-state index contributed by atoms with van der Waals surface area (Å²) in [6.45, 7) is 0. The summed E-state index contributed by atoms with van der Waals surface area (Å²) in [4.78, 5) is 21.8. The number of rotatable bonds is 10. The summed E-state index contributed by atoms with van der Waals surface area (Å²) < 4.78 is 10.9. The maximum atomic E-state index is 11.6. The lowest BCUT2D eigenvalue weighted by Crippen LogP contribution is -2.13. The second kappa shape index (κ2) is 11.8. The van der Waals surface area contributed by atoms with E-state index >= 15 is 0 Å². The molecule has 181 valence electrons. The Labute approximate surface area is 210 Å². The lowest BCUT2D eigenvalue weighted by atomic mass is 10.2. The van der Waals surface area contributed by atoms with Crippen molar-refractivity contribution in [1.29, 1.82) is 0 Å². The summed E-state index contributed by atoms with van der Waals surface area (Å²) >= 11 is 0. The molecule has 4 aromatic carbocycles. The van der Waals surface area contributed by atoms with Crippen LogP contribution in [0.2, 0.25) is 0 Å². The fraction of sp³-hybridized carbons (Fsp3) is 0. The fourth-order valence-electron chi connectivity index (χ4n) is 3.05. The predicted molar refractivity (Wildman–Crippen MR) is 134 cm³/mol. The second-order valence-corrected chi connectivity index (χ2v) is 7.17. The van der Waals surface area contributed by atoms with Crippen molar-refractivity contribution in [2.75, 3.05) is 0 Å². The van der Waals surface area contributed by atoms with Gasteiger partial charge in [-0.25, -0.2) is 0 Å². The van der Waals surface area contributed by atoms with Crippen LogP contribution in [0.5, 0.6) is 11.5 Å². The standard InChI is InChI=1S/C24H16BN6O6/c32-30(33)21-15-7-13-19(28-26-17-9-3-1-4-10-17)23(21)36-25-37-24-20(14-8-16-22(24)31(34)35)29-27-18-11-5-2-6-12-18/h1-16H. The van der Waals surface area contributed by atoms with E-state index in [4.69, 9.17) is 9.31 Å². The zero-order chi connectivity index (χ0) is 26.0. The van der Waals surface area contributed by atoms with Gasteiger partial charge in [-0.3, -0.25) is 20.2 Å². The van der Waals surface area contributed by atoms with E-state index < -0.39 is 21.2 Å². The number of hydrogen-bond acceptors (Lipinski definition) is 10. The first-order valence-electron chi connectivity index (χ1n) is 10.7. The highest BCUT2D eigenvalue weighted by atomic mass is 16.6. The van der Waals surface area contributed by atoms with Gasteiger partial charge in [-0.15, -0.1) is 10.2 Å². The van der Waals surface area contributed by atoms with Gasteiger partial charge in [0.15, 0.2) is 0 Å². The predicted octanol–water partition coefficient (Wildman–Crippen LogP) is 7.33. The summed E-state index contributed by atoms with van der Waals surface area (Å²) in [5, 5.41) is 39.4. The average Bonchev–Trinajstić information content (AvgIpc) is 2.92. The minimum atomic E-state index is -0.658. The van der Waals surface area contributed by atoms with Gasteiger partial charge in [-0.1, -0.05) is 48.5 Å². The molecule has 0 aliphatic carbocycles. The van der Waals surface area contributed by atoms with Gasteiger partial charge in [-0.05, 0) is 36.4 Å². The third-order valence-electron chi connectivity index (χ3n) is 4.73. The van der Waals surface area contributed by atoms with Gasteiger partial charge in [0.1, 0.15) is 11.4 Å². The monoisotopic (exact) mass is 495 g/mol. The number of hydrogen-bond donors (Lipinski definition) is 0. The van der Waals surface area contributed by atoms with Gasteiger partial charge in [-0.2, -0.15) is 10.2 Å². The van der Waals surface area contributed by atoms with Crippen LogP contribution in [0.25, 0.3) is 0 Å². The quantitative estimate of drug-likeness (QED) is 0.0971. The molecule has 0 bridgehead atoms. The van der Waals surface area contributed by atoms with Gasteiger partial charge in [0.05, 0.1) is 21.2 Å². The van der Waals surface area contributed by atoms with Crippen LogP contribution in [0.3, 0.4) is 0 Å². The molecule has 0 aliphatic rings. The van der Waals surface area contributed by atoms with Crippen LogP contribution in [-0.4, -0.2) is 17.5 Å². The van der Waals surface area contributed by atoms with Gasteiger partial charge >= 0.3 is 19.1 Å². The molecule has 0 atom stereocenters. The first-order valence-corrected chi connectivity index (χ1v) is 10.7. The van der Waals surface area contributed by atoms with E-state index in [1.165, 1.54) is 36.4 Å². The Balaban J connectivity index is 1.60. The first-order chi connectivity index (χ1) is 18.0. The van der Waals surface area contributed by atoms with Crippen LogP contribution in [0.15, 0.2) is 118 Å². The molecule has 0 spiro atoms. The number of nitro benzene ring substituents is 2. The Kier molecular flexibility index (Phi) is 7.86. The average molecular weight is 495 g/mol. The summed E-state index contributed by atoms with van der Waals surface area (Å²) in [6, 6.07) is 25.7. The molecule has 0 N–H and O–H groups in total. The molecule has 0 aromatic heterocycles. The van der Waals surface area contributed by atoms with Gasteiger partial charge < -0.3 is 9.31 Å². The molecule has 13 heteroatoms. The molecular formula is C24H16BN6O6. The second-order valence-electron chi connectivity index (χ2n) is 7.17. The van der Waals surface area contributed by atoms with E-state index in [9.17, 15) is 20.2 Å². The van der Waals surface area contributed by atoms with E-state index in [1.807, 2.05) is 12.1 Å². The Morgan fingerprint density at radius 1 is 0.541 bits per heavy atom. The Bertz CT molecular complexity index is 1360. The Hall–Kier alpha value is -5.46. The minimum absolute atomic E-state index is 0.0458. The van der Waals surface area contributed by atoms with Crippen LogP contribution >= 0.6 is 0 Å². The molecule has 0 heterocycles. The largest absolute Gasteiger partial charge is 0.658 e. The molecule has 37 heavy (non-hydrogen) atoms. The molecule has 4 aromatic rings. The van der Waals surface area contributed by atoms with Crippen molar-refractivity contribution in [3.05, 3.63) is 117 Å². The van der Waals surface area contributed by atoms with E-state index in [1.54, 1.807) is 48.5 Å². The Morgan fingerprint density at radius 2 is 0.946 bits per heavy atom. The van der Waals surface area contributed by atoms with Crippen molar-refractivity contribution in [3.8, 4) is 11.5 Å². The maximum Gasteiger partial charge on any atom is 0.658 e. The van der Waals surface area contributed by atoms with Crippen molar-refractivity contribution >= 4 is 41.8 Å². The van der Waals surface area contributed by atoms with Crippen molar-refractivity contribution in [2.45, 2.75) is 0 Å². The molecule has 0 aliphatic heterocycles. The molecule has 0 fully saturated rings. The van der Waals surface area contributed by atoms with Gasteiger partial charge in [0.2, 0.25) is 11.5 Å². The highest BCUT2D eigenvalue weighted by Gasteiger charge is 2.24. The molecule has 0 amide bonds. The zero-order valence-electron chi connectivity index (χ0n) is 18.9. The first kappa shape index (κ1) is 24.7. The highest BCUT2D eigenvalue weighted by Crippen LogP contribution is 2.40. The van der Waals surface area contributed by atoms with Gasteiger partial charge in [0, 0.05) is 12.1 Å². The Morgan fingerprint density at radius 3 is 1.32 bits per heavy atom. The summed E-state index contributed by atoms with van der Waals surface area (Å²) in [7, 11) is 0.730. The molecule has 0 saturated carbocycles. The fourth-order valence-corrected chi connectivity index (χ4v) is 3.05. The van der Waals surface area contributed by atoms with Gasteiger partial charge in [0.25, 0.3) is 0 Å². The van der Waals surface area contributed by atoms with Crippen LogP contribution in [0, 0.1) is 20.2 Å². The van der Waals surface area contributed by atoms with E-state index in [0.29, 0.717) is 11.4 Å². The van der Waals surface area contributed by atoms with Crippen LogP contribution in [0.1, 0.15) is 0 Å². The lowest BCUT2D eigenvalue weighted by molar-refractivity contribution is -0.385. The third kappa shape index (κ3) is 6.36. The van der Waals surface area contributed by atoms with Crippen LogP contribution < -0.4 is 9.31 Å². The van der Waals surface area contributed by atoms with E-state index in [0.717, 1.165) is 7.69 Å². The molecular weight excluding hydrogens is 479 g/mol. The van der Waals surface area contributed by atoms with Crippen molar-refractivity contribution < 1.29 is 19.2 Å². The highest BCUT2D eigenvalue weighted by molar-refractivity contribution is 6.21. The third-order valence-corrected chi connectivity index (χ3v) is 4.73.